The number of hydrogen-bond acceptors (Lipinski definition) is 7. The highest BCUT2D eigenvalue weighted by Crippen LogP contribution is 2.44. The molecule has 0 aliphatic carbocycles. The molecule has 0 spiro atoms. The van der Waals surface area contributed by atoms with Crippen molar-refractivity contribution < 1.29 is 41.8 Å². The maximum atomic E-state index is 14.5. The average molecular weight is 687 g/mol. The normalized spacial score (nSPS) is 13.8. The van der Waals surface area contributed by atoms with Crippen molar-refractivity contribution in [2.45, 2.75) is 63.3 Å². The summed E-state index contributed by atoms with van der Waals surface area (Å²) in [5.74, 6) is -2.61. The number of hydrogen-bond donors (Lipinski definition) is 5. The smallest absolute Gasteiger partial charge is 0.418 e. The molecular formula is C34H38F4N6O5. The number of aryl methyl sites for hydroxylation is 1. The van der Waals surface area contributed by atoms with Crippen LogP contribution < -0.4 is 26.8 Å². The second-order valence-corrected chi connectivity index (χ2v) is 12.6. The summed E-state index contributed by atoms with van der Waals surface area (Å²) in [5.41, 5.74) is 8.04. The number of carbonyl (C=O) groups excluding carboxylic acids is 3. The second-order valence-electron chi connectivity index (χ2n) is 12.6. The molecule has 0 saturated carbocycles. The number of nitrogens with one attached hydrogen (secondary N) is 2. The topological polar surface area (TPSA) is 175 Å². The number of fused-ring (bicyclic) bond motifs is 1. The van der Waals surface area contributed by atoms with Crippen LogP contribution in [0.1, 0.15) is 54.6 Å². The van der Waals surface area contributed by atoms with E-state index in [0.717, 1.165) is 12.1 Å². The molecule has 1 aromatic heterocycles. The zero-order chi connectivity index (χ0) is 36.3. The third-order valence-corrected chi connectivity index (χ3v) is 8.24. The lowest BCUT2D eigenvalue weighted by Gasteiger charge is -2.38. The van der Waals surface area contributed by atoms with Gasteiger partial charge in [-0.1, -0.05) is 19.9 Å². The molecule has 7 N–H and O–H groups in total. The van der Waals surface area contributed by atoms with Gasteiger partial charge in [-0.05, 0) is 79.3 Å². The number of nitrogens with zero attached hydrogens (tertiary/aromatic N) is 2. The highest BCUT2D eigenvalue weighted by molar-refractivity contribution is 5.98. The number of rotatable bonds is 14. The minimum absolute atomic E-state index is 0.0745. The van der Waals surface area contributed by atoms with E-state index in [1.807, 2.05) is 0 Å². The molecule has 1 unspecified atom stereocenters. The zero-order valence-electron chi connectivity index (χ0n) is 27.3. The summed E-state index contributed by atoms with van der Waals surface area (Å²) in [6.45, 7) is 3.74. The number of methoxy groups -OCH3 is 1. The molecule has 0 aliphatic heterocycles. The quantitative estimate of drug-likeness (QED) is 0.122. The van der Waals surface area contributed by atoms with Crippen molar-refractivity contribution in [2.24, 2.45) is 11.5 Å². The van der Waals surface area contributed by atoms with Crippen LogP contribution in [0.25, 0.3) is 16.6 Å². The lowest BCUT2D eigenvalue weighted by atomic mass is 9.74. The van der Waals surface area contributed by atoms with Crippen molar-refractivity contribution in [3.05, 3.63) is 83.3 Å². The number of alkyl halides is 3. The Hall–Kier alpha value is -5.18. The van der Waals surface area contributed by atoms with Crippen LogP contribution in [-0.2, 0) is 15.0 Å². The first-order chi connectivity index (χ1) is 22.8. The molecule has 11 nitrogen and oxygen atoms in total. The van der Waals surface area contributed by atoms with Crippen molar-refractivity contribution in [3.8, 4) is 11.4 Å². The Labute approximate surface area is 279 Å². The summed E-state index contributed by atoms with van der Waals surface area (Å²) in [6.07, 6.45) is -4.69. The number of halogens is 4. The lowest BCUT2D eigenvalue weighted by Crippen LogP contribution is -2.53. The van der Waals surface area contributed by atoms with Gasteiger partial charge in [0.2, 0.25) is 11.8 Å². The van der Waals surface area contributed by atoms with Gasteiger partial charge in [0, 0.05) is 28.6 Å². The summed E-state index contributed by atoms with van der Waals surface area (Å²) >= 11 is 0. The van der Waals surface area contributed by atoms with Crippen molar-refractivity contribution in [3.63, 3.8) is 0 Å². The average Bonchev–Trinajstić information content (AvgIpc) is 3.44. The van der Waals surface area contributed by atoms with Gasteiger partial charge >= 0.3 is 6.18 Å². The molecule has 0 radical (unpaired) electrons. The lowest BCUT2D eigenvalue weighted by molar-refractivity contribution is -0.260. The van der Waals surface area contributed by atoms with Crippen LogP contribution in [0, 0.1) is 12.7 Å². The zero-order valence-corrected chi connectivity index (χ0v) is 27.3. The van der Waals surface area contributed by atoms with Crippen LogP contribution in [-0.4, -0.2) is 64.1 Å². The van der Waals surface area contributed by atoms with Gasteiger partial charge in [0.1, 0.15) is 17.6 Å². The van der Waals surface area contributed by atoms with Crippen molar-refractivity contribution in [1.29, 1.82) is 0 Å². The van der Waals surface area contributed by atoms with Gasteiger partial charge in [-0.2, -0.15) is 18.3 Å². The molecule has 4 rings (SSSR count). The molecule has 0 saturated heterocycles. The van der Waals surface area contributed by atoms with Crippen LogP contribution in [0.4, 0.5) is 23.2 Å². The number of anilines is 1. The molecule has 49 heavy (non-hydrogen) atoms. The van der Waals surface area contributed by atoms with Crippen LogP contribution in [0.5, 0.6) is 5.75 Å². The van der Waals surface area contributed by atoms with Crippen LogP contribution in [0.15, 0.2) is 60.8 Å². The maximum Gasteiger partial charge on any atom is 0.418 e. The SMILES string of the molecule is COc1ccc(F)cc1C(C)(C)CC(O)(CNc1cc(C)cc2c1cnn2-c1cccc(C(=O)N[C@H](CCC(N)=O)C(N)=O)c1)C(F)(F)F. The molecule has 262 valence electrons. The third kappa shape index (κ3) is 8.28. The first-order valence-corrected chi connectivity index (χ1v) is 15.2. The Morgan fingerprint density at radius 2 is 1.78 bits per heavy atom. The minimum atomic E-state index is -5.07. The van der Waals surface area contributed by atoms with E-state index in [0.29, 0.717) is 22.2 Å². The van der Waals surface area contributed by atoms with Crippen LogP contribution in [0.3, 0.4) is 0 Å². The Kier molecular flexibility index (Phi) is 10.6. The van der Waals surface area contributed by atoms with E-state index in [2.05, 4.69) is 15.7 Å². The number of amides is 3. The van der Waals surface area contributed by atoms with Crippen LogP contribution >= 0.6 is 0 Å². The molecule has 3 aromatic carbocycles. The van der Waals surface area contributed by atoms with Crippen molar-refractivity contribution in [1.82, 2.24) is 15.1 Å². The molecule has 0 fully saturated rings. The fourth-order valence-electron chi connectivity index (χ4n) is 5.75. The van der Waals surface area contributed by atoms with E-state index in [1.165, 1.54) is 50.0 Å². The summed E-state index contributed by atoms with van der Waals surface area (Å²) in [7, 11) is 1.33. The number of aromatic nitrogens is 2. The molecule has 2 atom stereocenters. The van der Waals surface area contributed by atoms with Gasteiger partial charge in [0.15, 0.2) is 5.60 Å². The summed E-state index contributed by atoms with van der Waals surface area (Å²) < 4.78 is 64.5. The van der Waals surface area contributed by atoms with E-state index in [1.54, 1.807) is 31.2 Å². The van der Waals surface area contributed by atoms with Gasteiger partial charge in [-0.3, -0.25) is 14.4 Å². The predicted molar refractivity (Wildman–Crippen MR) is 175 cm³/mol. The summed E-state index contributed by atoms with van der Waals surface area (Å²) in [4.78, 5) is 36.0. The van der Waals surface area contributed by atoms with E-state index in [9.17, 15) is 37.1 Å². The van der Waals surface area contributed by atoms with E-state index < -0.39 is 59.7 Å². The summed E-state index contributed by atoms with van der Waals surface area (Å²) in [6, 6.07) is 12.0. The maximum absolute atomic E-state index is 14.5. The van der Waals surface area contributed by atoms with Gasteiger partial charge in [0.25, 0.3) is 5.91 Å². The molecule has 15 heteroatoms. The second kappa shape index (κ2) is 14.1. The summed E-state index contributed by atoms with van der Waals surface area (Å²) in [5, 5.41) is 21.3. The highest BCUT2D eigenvalue weighted by atomic mass is 19.4. The Bertz CT molecular complexity index is 1880. The number of benzene rings is 3. The fourth-order valence-corrected chi connectivity index (χ4v) is 5.75. The standard InChI is InChI=1S/C34H38F4N6O5/c1-19-12-26(41-18-33(48,34(36,37)38)17-32(2,3)24-15-21(35)8-10-28(24)49-4)23-16-42-44(27(23)13-19)22-7-5-6-20(14-22)31(47)43-25(30(40)46)9-11-29(39)45/h5-8,10,12-16,25,41,48H,9,11,17-18H2,1-4H3,(H2,39,45)(H2,40,46)(H,43,47)/t25-,33?/m1/s1. The first-order valence-electron chi connectivity index (χ1n) is 15.2. The number of carbonyl (C=O) groups is 3. The first kappa shape index (κ1) is 36.7. The number of primary amides is 2. The molecule has 0 aliphatic rings. The van der Waals surface area contributed by atoms with Gasteiger partial charge < -0.3 is 31.9 Å². The minimum Gasteiger partial charge on any atom is -0.496 e. The molecule has 3 amide bonds. The van der Waals surface area contributed by atoms with Gasteiger partial charge in [-0.15, -0.1) is 0 Å². The van der Waals surface area contributed by atoms with E-state index in [4.69, 9.17) is 16.2 Å². The Morgan fingerprint density at radius 1 is 1.06 bits per heavy atom. The van der Waals surface area contributed by atoms with Crippen molar-refractivity contribution >= 4 is 34.3 Å². The van der Waals surface area contributed by atoms with Gasteiger partial charge in [-0.25, -0.2) is 9.07 Å². The monoisotopic (exact) mass is 686 g/mol. The number of ether oxygens (including phenoxy) is 1. The Morgan fingerprint density at radius 3 is 2.41 bits per heavy atom. The van der Waals surface area contributed by atoms with Crippen LogP contribution in [0.2, 0.25) is 0 Å². The highest BCUT2D eigenvalue weighted by Gasteiger charge is 2.56. The largest absolute Gasteiger partial charge is 0.496 e. The molecule has 1 heterocycles. The molecule has 4 aromatic rings. The number of aliphatic hydroxyl groups is 1. The number of nitrogens with two attached hydrogens (primary N) is 2. The fraction of sp³-hybridized carbons (Fsp3) is 0.353. The van der Waals surface area contributed by atoms with E-state index >= 15 is 0 Å². The van der Waals surface area contributed by atoms with Crippen molar-refractivity contribution in [2.75, 3.05) is 19.0 Å². The third-order valence-electron chi connectivity index (χ3n) is 8.24. The van der Waals surface area contributed by atoms with Gasteiger partial charge in [0.05, 0.1) is 31.1 Å². The Balaban J connectivity index is 1.63. The van der Waals surface area contributed by atoms with E-state index in [-0.39, 0.29) is 35.4 Å². The molecule has 0 bridgehead atoms. The molecular weight excluding hydrogens is 648 g/mol. The predicted octanol–water partition coefficient (Wildman–Crippen LogP) is 4.40.